The van der Waals surface area contributed by atoms with Crippen molar-refractivity contribution < 1.29 is 39.8 Å². The molecule has 0 aliphatic carbocycles. The standard InChI is InChI=1S/C40H75NO8/c1-4-6-8-10-12-13-14-15-16-17-18-20-25-29-36(44)41-33(31-48-40-39(47)38(46)37(45)35(30-42)49-40)34(43)28-24-21-23-27-32(3)26-22-19-11-9-7-5-2/h24,27-28,33-35,37-40,42-43,45-47H,4-23,25-26,29-31H2,1-3H3,(H,41,44)/b28-24+,32-27+/t33-,34+,35-,37-,38+,39-,40+/m0/s1. The molecule has 0 aromatic rings. The van der Waals surface area contributed by atoms with Gasteiger partial charge >= 0.3 is 0 Å². The Morgan fingerprint density at radius 1 is 0.735 bits per heavy atom. The molecular weight excluding hydrogens is 622 g/mol. The molecule has 0 unspecified atom stereocenters. The van der Waals surface area contributed by atoms with Gasteiger partial charge in [-0.1, -0.05) is 147 Å². The number of aliphatic hydroxyl groups is 5. The van der Waals surface area contributed by atoms with Crippen LogP contribution in [0.25, 0.3) is 0 Å². The van der Waals surface area contributed by atoms with E-state index in [1.54, 1.807) is 6.08 Å². The first-order chi connectivity index (χ1) is 23.7. The minimum atomic E-state index is -1.57. The molecule has 0 radical (unpaired) electrons. The number of aliphatic hydroxyl groups excluding tert-OH is 5. The van der Waals surface area contributed by atoms with Crippen LogP contribution in [0.5, 0.6) is 0 Å². The predicted molar refractivity (Wildman–Crippen MR) is 198 cm³/mol. The maximum atomic E-state index is 12.9. The summed E-state index contributed by atoms with van der Waals surface area (Å²) in [6.45, 7) is 5.88. The van der Waals surface area contributed by atoms with Crippen molar-refractivity contribution in [2.45, 2.75) is 211 Å². The molecule has 0 aromatic carbocycles. The molecule has 1 rings (SSSR count). The lowest BCUT2D eigenvalue weighted by Gasteiger charge is -2.40. The van der Waals surface area contributed by atoms with Crippen LogP contribution in [0.1, 0.15) is 168 Å². The Hall–Kier alpha value is -1.33. The van der Waals surface area contributed by atoms with Crippen molar-refractivity contribution in [3.05, 3.63) is 23.8 Å². The molecule has 1 amide bonds. The highest BCUT2D eigenvalue weighted by Crippen LogP contribution is 2.22. The second-order valence-corrected chi connectivity index (χ2v) is 14.3. The highest BCUT2D eigenvalue weighted by atomic mass is 16.7. The molecule has 1 saturated heterocycles. The lowest BCUT2D eigenvalue weighted by molar-refractivity contribution is -0.302. The van der Waals surface area contributed by atoms with E-state index in [2.05, 4.69) is 32.2 Å². The summed E-state index contributed by atoms with van der Waals surface area (Å²) in [6.07, 6.45) is 24.4. The van der Waals surface area contributed by atoms with E-state index >= 15 is 0 Å². The van der Waals surface area contributed by atoms with Gasteiger partial charge in [-0.05, 0) is 39.0 Å². The minimum Gasteiger partial charge on any atom is -0.394 e. The molecule has 1 aliphatic rings. The average Bonchev–Trinajstić information content (AvgIpc) is 3.09. The van der Waals surface area contributed by atoms with E-state index in [1.165, 1.54) is 108 Å². The summed E-state index contributed by atoms with van der Waals surface area (Å²) in [5, 5.41) is 54.0. The van der Waals surface area contributed by atoms with E-state index < -0.39 is 49.5 Å². The van der Waals surface area contributed by atoms with Gasteiger partial charge in [-0.25, -0.2) is 0 Å². The van der Waals surface area contributed by atoms with Gasteiger partial charge < -0.3 is 40.3 Å². The SMILES string of the molecule is CCCCCCCCCCCCCCCC(=O)N[C@@H](CO[C@@H]1O[C@@H](CO)[C@H](O)[C@@H](O)[C@@H]1O)[C@H](O)/C=C/CC/C=C(\C)CCCCCCCC. The molecule has 0 spiro atoms. The van der Waals surface area contributed by atoms with Crippen LogP contribution in [-0.2, 0) is 14.3 Å². The smallest absolute Gasteiger partial charge is 0.220 e. The number of rotatable bonds is 31. The van der Waals surface area contributed by atoms with Crippen LogP contribution in [0.4, 0.5) is 0 Å². The normalized spacial score (nSPS) is 22.9. The van der Waals surface area contributed by atoms with Gasteiger partial charge in [-0.15, -0.1) is 0 Å². The van der Waals surface area contributed by atoms with Gasteiger partial charge in [-0.3, -0.25) is 4.79 Å². The number of hydrogen-bond donors (Lipinski definition) is 6. The first kappa shape index (κ1) is 45.7. The molecule has 9 heteroatoms. The minimum absolute atomic E-state index is 0.189. The number of nitrogens with one attached hydrogen (secondary N) is 1. The van der Waals surface area contributed by atoms with Crippen LogP contribution < -0.4 is 5.32 Å². The number of allylic oxidation sites excluding steroid dienone is 3. The Balaban J connectivity index is 2.52. The first-order valence-corrected chi connectivity index (χ1v) is 20.0. The summed E-state index contributed by atoms with van der Waals surface area (Å²) < 4.78 is 11.2. The van der Waals surface area contributed by atoms with Crippen LogP contribution in [0.2, 0.25) is 0 Å². The van der Waals surface area contributed by atoms with Gasteiger partial charge in [-0.2, -0.15) is 0 Å². The Bertz CT molecular complexity index is 850. The zero-order chi connectivity index (χ0) is 36.1. The molecule has 7 atom stereocenters. The van der Waals surface area contributed by atoms with Crippen LogP contribution in [0.3, 0.4) is 0 Å². The van der Waals surface area contributed by atoms with E-state index in [-0.39, 0.29) is 12.5 Å². The Kier molecular flexibility index (Phi) is 28.3. The second kappa shape index (κ2) is 30.3. The van der Waals surface area contributed by atoms with Gasteiger partial charge in [0.25, 0.3) is 0 Å². The number of amides is 1. The van der Waals surface area contributed by atoms with E-state index in [1.807, 2.05) is 6.08 Å². The number of ether oxygens (including phenoxy) is 2. The Labute approximate surface area is 298 Å². The molecule has 0 aromatic heterocycles. The summed E-state index contributed by atoms with van der Waals surface area (Å²) in [4.78, 5) is 12.9. The van der Waals surface area contributed by atoms with Crippen LogP contribution in [-0.4, -0.2) is 87.5 Å². The maximum Gasteiger partial charge on any atom is 0.220 e. The van der Waals surface area contributed by atoms with E-state index in [4.69, 9.17) is 9.47 Å². The topological polar surface area (TPSA) is 149 Å². The lowest BCUT2D eigenvalue weighted by atomic mass is 9.99. The molecular formula is C40H75NO8. The third kappa shape index (κ3) is 22.3. The molecule has 1 heterocycles. The fourth-order valence-corrected chi connectivity index (χ4v) is 6.29. The van der Waals surface area contributed by atoms with Gasteiger partial charge in [0, 0.05) is 6.42 Å². The average molecular weight is 698 g/mol. The molecule has 1 fully saturated rings. The fourth-order valence-electron chi connectivity index (χ4n) is 6.29. The van der Waals surface area contributed by atoms with E-state index in [0.29, 0.717) is 6.42 Å². The zero-order valence-corrected chi connectivity index (χ0v) is 31.4. The van der Waals surface area contributed by atoms with Crippen molar-refractivity contribution in [2.75, 3.05) is 13.2 Å². The van der Waals surface area contributed by atoms with Crippen molar-refractivity contribution in [3.8, 4) is 0 Å². The van der Waals surface area contributed by atoms with Crippen LogP contribution >= 0.6 is 0 Å². The maximum absolute atomic E-state index is 12.9. The summed E-state index contributed by atoms with van der Waals surface area (Å²) in [5.41, 5.74) is 1.38. The molecule has 288 valence electrons. The highest BCUT2D eigenvalue weighted by molar-refractivity contribution is 5.76. The van der Waals surface area contributed by atoms with Crippen molar-refractivity contribution in [1.82, 2.24) is 5.32 Å². The first-order valence-electron chi connectivity index (χ1n) is 20.0. The van der Waals surface area contributed by atoms with Crippen molar-refractivity contribution in [2.24, 2.45) is 0 Å². The summed E-state index contributed by atoms with van der Waals surface area (Å²) in [5.74, 6) is -0.189. The molecule has 0 saturated carbocycles. The second-order valence-electron chi connectivity index (χ2n) is 14.3. The summed E-state index contributed by atoms with van der Waals surface area (Å²) >= 11 is 0. The number of carbonyl (C=O) groups excluding carboxylic acids is 1. The van der Waals surface area contributed by atoms with Gasteiger partial charge in [0.2, 0.25) is 5.91 Å². The Morgan fingerprint density at radius 2 is 1.24 bits per heavy atom. The van der Waals surface area contributed by atoms with Crippen molar-refractivity contribution >= 4 is 5.91 Å². The van der Waals surface area contributed by atoms with Crippen molar-refractivity contribution in [3.63, 3.8) is 0 Å². The van der Waals surface area contributed by atoms with Crippen LogP contribution in [0, 0.1) is 0 Å². The third-order valence-corrected chi connectivity index (χ3v) is 9.64. The highest BCUT2D eigenvalue weighted by Gasteiger charge is 2.44. The van der Waals surface area contributed by atoms with Gasteiger partial charge in [0.05, 0.1) is 25.4 Å². The number of carbonyl (C=O) groups is 1. The quantitative estimate of drug-likeness (QED) is 0.0330. The third-order valence-electron chi connectivity index (χ3n) is 9.64. The lowest BCUT2D eigenvalue weighted by Crippen LogP contribution is -2.60. The molecule has 0 bridgehead atoms. The monoisotopic (exact) mass is 698 g/mol. The number of unbranched alkanes of at least 4 members (excludes halogenated alkanes) is 18. The van der Waals surface area contributed by atoms with Crippen molar-refractivity contribution in [1.29, 1.82) is 0 Å². The summed E-state index contributed by atoms with van der Waals surface area (Å²) in [6, 6.07) is -0.817. The zero-order valence-electron chi connectivity index (χ0n) is 31.4. The van der Waals surface area contributed by atoms with Gasteiger partial charge in [0.15, 0.2) is 6.29 Å². The predicted octanol–water partition coefficient (Wildman–Crippen LogP) is 7.16. The Morgan fingerprint density at radius 3 is 1.78 bits per heavy atom. The molecule has 49 heavy (non-hydrogen) atoms. The van der Waals surface area contributed by atoms with E-state index in [0.717, 1.165) is 38.5 Å². The molecule has 9 nitrogen and oxygen atoms in total. The molecule has 6 N–H and O–H groups in total. The number of hydrogen-bond acceptors (Lipinski definition) is 8. The fraction of sp³-hybridized carbons (Fsp3) is 0.875. The molecule has 1 aliphatic heterocycles. The largest absolute Gasteiger partial charge is 0.394 e. The van der Waals surface area contributed by atoms with Gasteiger partial charge in [0.1, 0.15) is 24.4 Å². The van der Waals surface area contributed by atoms with E-state index in [9.17, 15) is 30.3 Å². The summed E-state index contributed by atoms with van der Waals surface area (Å²) in [7, 11) is 0. The van der Waals surface area contributed by atoms with Crippen LogP contribution in [0.15, 0.2) is 23.8 Å².